The summed E-state index contributed by atoms with van der Waals surface area (Å²) in [5, 5.41) is 11.0. The van der Waals surface area contributed by atoms with Crippen LogP contribution in [-0.2, 0) is 10.0 Å². The highest BCUT2D eigenvalue weighted by Crippen LogP contribution is 2.26. The van der Waals surface area contributed by atoms with Crippen molar-refractivity contribution in [1.29, 1.82) is 0 Å². The summed E-state index contributed by atoms with van der Waals surface area (Å²) in [5.74, 6) is 0.147. The molecule has 0 radical (unpaired) electrons. The molecule has 0 N–H and O–H groups in total. The van der Waals surface area contributed by atoms with Gasteiger partial charge in [0.25, 0.3) is 5.69 Å². The molecular weight excluding hydrogens is 410 g/mol. The molecular formula is C16H26BrN3O4S. The van der Waals surface area contributed by atoms with Gasteiger partial charge in [-0.2, -0.15) is 4.31 Å². The molecule has 0 heterocycles. The lowest BCUT2D eigenvalue weighted by Crippen LogP contribution is -2.40. The van der Waals surface area contributed by atoms with Gasteiger partial charge in [-0.05, 0) is 25.1 Å². The van der Waals surface area contributed by atoms with Gasteiger partial charge in [-0.1, -0.05) is 43.6 Å². The third-order valence-corrected chi connectivity index (χ3v) is 6.13. The summed E-state index contributed by atoms with van der Waals surface area (Å²) < 4.78 is 27.9. The van der Waals surface area contributed by atoms with E-state index in [9.17, 15) is 18.5 Å². The highest BCUT2D eigenvalue weighted by Gasteiger charge is 2.27. The Hall–Kier alpha value is -1.03. The second-order valence-electron chi connectivity index (χ2n) is 6.19. The highest BCUT2D eigenvalue weighted by atomic mass is 79.9. The van der Waals surface area contributed by atoms with Gasteiger partial charge in [0.05, 0.1) is 9.82 Å². The van der Waals surface area contributed by atoms with E-state index in [0.29, 0.717) is 24.1 Å². The smallest absolute Gasteiger partial charge is 0.271 e. The number of nitro groups is 1. The molecule has 7 nitrogen and oxygen atoms in total. The second kappa shape index (κ2) is 9.61. The van der Waals surface area contributed by atoms with Crippen molar-refractivity contribution in [2.24, 2.45) is 5.92 Å². The first-order chi connectivity index (χ1) is 11.6. The van der Waals surface area contributed by atoms with Crippen LogP contribution in [-0.4, -0.2) is 55.3 Å². The van der Waals surface area contributed by atoms with Crippen molar-refractivity contribution in [3.8, 4) is 0 Å². The number of hydrogen-bond acceptors (Lipinski definition) is 5. The second-order valence-corrected chi connectivity index (χ2v) is 9.04. The Morgan fingerprint density at radius 2 is 1.76 bits per heavy atom. The van der Waals surface area contributed by atoms with Crippen molar-refractivity contribution in [2.75, 3.05) is 32.7 Å². The van der Waals surface area contributed by atoms with Crippen LogP contribution in [0.15, 0.2) is 27.6 Å². The van der Waals surface area contributed by atoms with Gasteiger partial charge in [-0.25, -0.2) is 8.42 Å². The van der Waals surface area contributed by atoms with Crippen molar-refractivity contribution < 1.29 is 13.3 Å². The summed E-state index contributed by atoms with van der Waals surface area (Å²) in [4.78, 5) is 12.5. The van der Waals surface area contributed by atoms with Crippen molar-refractivity contribution in [3.05, 3.63) is 32.8 Å². The molecule has 1 aromatic carbocycles. The minimum atomic E-state index is -3.81. The van der Waals surface area contributed by atoms with Crippen molar-refractivity contribution in [3.63, 3.8) is 0 Å². The first-order valence-electron chi connectivity index (χ1n) is 8.29. The molecule has 0 bridgehead atoms. The van der Waals surface area contributed by atoms with Crippen LogP contribution in [0.3, 0.4) is 0 Å². The summed E-state index contributed by atoms with van der Waals surface area (Å²) in [6.45, 7) is 11.0. The summed E-state index contributed by atoms with van der Waals surface area (Å²) in [5.41, 5.74) is -0.249. The predicted molar refractivity (Wildman–Crippen MR) is 102 cm³/mol. The number of non-ortho nitro benzene ring substituents is 1. The maximum Gasteiger partial charge on any atom is 0.271 e. The Morgan fingerprint density at radius 1 is 1.16 bits per heavy atom. The molecule has 0 unspecified atom stereocenters. The zero-order chi connectivity index (χ0) is 19.2. The Kier molecular flexibility index (Phi) is 8.46. The van der Waals surface area contributed by atoms with Crippen molar-refractivity contribution >= 4 is 31.6 Å². The molecule has 1 rings (SSSR count). The lowest BCUT2D eigenvalue weighted by Gasteiger charge is -2.27. The first-order valence-corrected chi connectivity index (χ1v) is 10.5. The zero-order valence-electron chi connectivity index (χ0n) is 15.1. The van der Waals surface area contributed by atoms with E-state index in [-0.39, 0.29) is 16.5 Å². The molecule has 0 spiro atoms. The number of sulfonamides is 1. The monoisotopic (exact) mass is 435 g/mol. The third kappa shape index (κ3) is 6.32. The fourth-order valence-corrected chi connectivity index (χ4v) is 4.75. The molecule has 0 aliphatic carbocycles. The Bertz CT molecular complexity index is 691. The van der Waals surface area contributed by atoms with Gasteiger partial charge >= 0.3 is 0 Å². The van der Waals surface area contributed by atoms with Crippen LogP contribution >= 0.6 is 15.9 Å². The Labute approximate surface area is 158 Å². The van der Waals surface area contributed by atoms with E-state index in [1.54, 1.807) is 0 Å². The van der Waals surface area contributed by atoms with Gasteiger partial charge in [-0.15, -0.1) is 0 Å². The van der Waals surface area contributed by atoms with E-state index in [1.165, 1.54) is 16.4 Å². The van der Waals surface area contributed by atoms with E-state index in [4.69, 9.17) is 0 Å². The minimum Gasteiger partial charge on any atom is -0.303 e. The van der Waals surface area contributed by atoms with Crippen LogP contribution in [0.2, 0.25) is 0 Å². The fourth-order valence-electron chi connectivity index (χ4n) is 2.46. The standard InChI is InChI=1S/C16H26BrN3O4S/c1-5-18(6-2)7-8-19(12-13(3)4)25(23,24)16-10-14(17)9-15(11-16)20(21)22/h9-11,13H,5-8,12H2,1-4H3. The van der Waals surface area contributed by atoms with Gasteiger partial charge in [0.15, 0.2) is 0 Å². The maximum atomic E-state index is 13.0. The zero-order valence-corrected chi connectivity index (χ0v) is 17.5. The number of hydrogen-bond donors (Lipinski definition) is 0. The van der Waals surface area contributed by atoms with E-state index >= 15 is 0 Å². The molecule has 0 atom stereocenters. The fraction of sp³-hybridized carbons (Fsp3) is 0.625. The van der Waals surface area contributed by atoms with E-state index in [1.807, 2.05) is 27.7 Å². The molecule has 1 aromatic rings. The highest BCUT2D eigenvalue weighted by molar-refractivity contribution is 9.10. The molecule has 9 heteroatoms. The minimum absolute atomic E-state index is 0.0613. The summed E-state index contributed by atoms with van der Waals surface area (Å²) >= 11 is 3.16. The molecule has 25 heavy (non-hydrogen) atoms. The average molecular weight is 436 g/mol. The maximum absolute atomic E-state index is 13.0. The van der Waals surface area contributed by atoms with Crippen LogP contribution in [0.1, 0.15) is 27.7 Å². The molecule has 0 saturated heterocycles. The number of rotatable bonds is 10. The van der Waals surface area contributed by atoms with Gasteiger partial charge in [0.1, 0.15) is 0 Å². The average Bonchev–Trinajstić information content (AvgIpc) is 2.53. The predicted octanol–water partition coefficient (Wildman–Crippen LogP) is 3.35. The molecule has 0 saturated carbocycles. The van der Waals surface area contributed by atoms with Crippen LogP contribution < -0.4 is 0 Å². The Morgan fingerprint density at radius 3 is 2.24 bits per heavy atom. The van der Waals surface area contributed by atoms with Gasteiger partial charge in [0.2, 0.25) is 10.0 Å². The van der Waals surface area contributed by atoms with Crippen molar-refractivity contribution in [2.45, 2.75) is 32.6 Å². The lowest BCUT2D eigenvalue weighted by molar-refractivity contribution is -0.385. The molecule has 0 amide bonds. The summed E-state index contributed by atoms with van der Waals surface area (Å²) in [6, 6.07) is 3.82. The lowest BCUT2D eigenvalue weighted by atomic mass is 10.2. The van der Waals surface area contributed by atoms with E-state index in [0.717, 1.165) is 19.2 Å². The normalized spacial score (nSPS) is 12.3. The number of nitro benzene ring substituents is 1. The molecule has 142 valence electrons. The van der Waals surface area contributed by atoms with E-state index in [2.05, 4.69) is 20.8 Å². The molecule has 0 aliphatic heterocycles. The summed E-state index contributed by atoms with van der Waals surface area (Å²) in [6.07, 6.45) is 0. The molecule has 0 aromatic heterocycles. The van der Waals surface area contributed by atoms with Crippen LogP contribution in [0.4, 0.5) is 5.69 Å². The van der Waals surface area contributed by atoms with Crippen LogP contribution in [0.5, 0.6) is 0 Å². The first kappa shape index (κ1) is 22.0. The quantitative estimate of drug-likeness (QED) is 0.415. The van der Waals surface area contributed by atoms with Gasteiger partial charge in [-0.3, -0.25) is 10.1 Å². The largest absolute Gasteiger partial charge is 0.303 e. The third-order valence-electron chi connectivity index (χ3n) is 3.83. The van der Waals surface area contributed by atoms with E-state index < -0.39 is 14.9 Å². The summed E-state index contributed by atoms with van der Waals surface area (Å²) in [7, 11) is -3.81. The number of halogens is 1. The van der Waals surface area contributed by atoms with Gasteiger partial charge in [0, 0.05) is 36.2 Å². The van der Waals surface area contributed by atoms with Gasteiger partial charge < -0.3 is 4.90 Å². The SMILES string of the molecule is CCN(CC)CCN(CC(C)C)S(=O)(=O)c1cc(Br)cc([N+](=O)[O-])c1. The number of likely N-dealkylation sites (N-methyl/N-ethyl adjacent to an activating group) is 1. The number of nitrogens with zero attached hydrogens (tertiary/aromatic N) is 3. The van der Waals surface area contributed by atoms with Crippen LogP contribution in [0.25, 0.3) is 0 Å². The Balaban J connectivity index is 3.20. The molecule has 0 fully saturated rings. The van der Waals surface area contributed by atoms with Crippen molar-refractivity contribution in [1.82, 2.24) is 9.21 Å². The topological polar surface area (TPSA) is 83.8 Å². The van der Waals surface area contributed by atoms with Crippen LogP contribution in [0, 0.1) is 16.0 Å². The molecule has 0 aliphatic rings. The number of benzene rings is 1.